The monoisotopic (exact) mass is 475 g/mol. The Hall–Kier alpha value is -4.66. The highest BCUT2D eigenvalue weighted by Gasteiger charge is 2.12. The molecule has 3 rings (SSSR count). The fraction of sp³-hybridized carbons (Fsp3) is 0.154. The Morgan fingerprint density at radius 3 is 2.34 bits per heavy atom. The highest BCUT2D eigenvalue weighted by atomic mass is 16.6. The van der Waals surface area contributed by atoms with Crippen molar-refractivity contribution < 1.29 is 28.6 Å². The number of nitrogens with one attached hydrogen (secondary N) is 2. The van der Waals surface area contributed by atoms with Crippen LogP contribution in [-0.4, -0.2) is 44.3 Å². The standard InChI is InChI=1S/C26H25N3O6/c1-3-34-21-12-10-19(11-13-21)25(31)27-17-24(30)29-28-16-18-9-14-22(23(15-18)33-2)35-26(32)20-7-5-4-6-8-20/h4-16H,3,17H2,1-2H3,(H,27,31)(H,29,30)/b28-16+. The SMILES string of the molecule is CCOc1ccc(C(=O)NCC(=O)N/N=C/c2ccc(OC(=O)c3ccccc3)c(OC)c2)cc1. The van der Waals surface area contributed by atoms with Gasteiger partial charge in [0.2, 0.25) is 0 Å². The summed E-state index contributed by atoms with van der Waals surface area (Å²) in [5, 5.41) is 6.40. The van der Waals surface area contributed by atoms with Gasteiger partial charge in [-0.25, -0.2) is 10.2 Å². The number of hydrazone groups is 1. The molecule has 3 aromatic rings. The van der Waals surface area contributed by atoms with Crippen LogP contribution in [0.5, 0.6) is 17.2 Å². The number of ether oxygens (including phenoxy) is 3. The van der Waals surface area contributed by atoms with Crippen molar-refractivity contribution in [2.24, 2.45) is 5.10 Å². The third kappa shape index (κ3) is 7.43. The zero-order valence-electron chi connectivity index (χ0n) is 19.3. The Morgan fingerprint density at radius 1 is 0.914 bits per heavy atom. The van der Waals surface area contributed by atoms with Crippen molar-refractivity contribution in [1.82, 2.24) is 10.7 Å². The molecule has 0 bridgehead atoms. The fourth-order valence-electron chi connectivity index (χ4n) is 2.93. The van der Waals surface area contributed by atoms with Gasteiger partial charge in [-0.2, -0.15) is 5.10 Å². The molecule has 0 atom stereocenters. The van der Waals surface area contributed by atoms with E-state index in [9.17, 15) is 14.4 Å². The molecule has 0 aromatic heterocycles. The van der Waals surface area contributed by atoms with Crippen molar-refractivity contribution in [3.8, 4) is 17.2 Å². The van der Waals surface area contributed by atoms with E-state index >= 15 is 0 Å². The van der Waals surface area contributed by atoms with E-state index in [1.807, 2.05) is 6.92 Å². The smallest absolute Gasteiger partial charge is 0.343 e. The summed E-state index contributed by atoms with van der Waals surface area (Å²) in [4.78, 5) is 36.4. The molecule has 9 heteroatoms. The van der Waals surface area contributed by atoms with Crippen LogP contribution in [-0.2, 0) is 4.79 Å². The molecule has 0 unspecified atom stereocenters. The summed E-state index contributed by atoms with van der Waals surface area (Å²) < 4.78 is 16.0. The normalized spacial score (nSPS) is 10.5. The summed E-state index contributed by atoms with van der Waals surface area (Å²) in [5.41, 5.74) is 3.76. The van der Waals surface area contributed by atoms with E-state index in [1.54, 1.807) is 72.8 Å². The van der Waals surface area contributed by atoms with Gasteiger partial charge in [-0.15, -0.1) is 0 Å². The minimum Gasteiger partial charge on any atom is -0.494 e. The fourth-order valence-corrected chi connectivity index (χ4v) is 2.93. The Labute approximate surface area is 202 Å². The van der Waals surface area contributed by atoms with Crippen LogP contribution >= 0.6 is 0 Å². The minimum atomic E-state index is -0.509. The number of benzene rings is 3. The van der Waals surface area contributed by atoms with Gasteiger partial charge in [-0.05, 0) is 67.1 Å². The van der Waals surface area contributed by atoms with Gasteiger partial charge >= 0.3 is 5.97 Å². The van der Waals surface area contributed by atoms with Crippen LogP contribution in [0.3, 0.4) is 0 Å². The van der Waals surface area contributed by atoms with Crippen molar-refractivity contribution >= 4 is 24.0 Å². The van der Waals surface area contributed by atoms with Crippen LogP contribution < -0.4 is 25.0 Å². The van der Waals surface area contributed by atoms with Gasteiger partial charge < -0.3 is 19.5 Å². The van der Waals surface area contributed by atoms with Gasteiger partial charge in [0.05, 0.1) is 32.0 Å². The number of carbonyl (C=O) groups is 3. The molecule has 0 spiro atoms. The zero-order valence-corrected chi connectivity index (χ0v) is 19.3. The molecule has 9 nitrogen and oxygen atoms in total. The summed E-state index contributed by atoms with van der Waals surface area (Å²) in [6.45, 7) is 2.16. The van der Waals surface area contributed by atoms with E-state index in [0.29, 0.717) is 34.8 Å². The molecule has 180 valence electrons. The maximum Gasteiger partial charge on any atom is 0.343 e. The van der Waals surface area contributed by atoms with Crippen molar-refractivity contribution in [3.05, 3.63) is 89.5 Å². The topological polar surface area (TPSA) is 115 Å². The van der Waals surface area contributed by atoms with E-state index in [1.165, 1.54) is 13.3 Å². The summed E-state index contributed by atoms with van der Waals surface area (Å²) in [7, 11) is 1.45. The largest absolute Gasteiger partial charge is 0.494 e. The number of hydrogen-bond acceptors (Lipinski definition) is 7. The van der Waals surface area contributed by atoms with E-state index < -0.39 is 17.8 Å². The zero-order chi connectivity index (χ0) is 25.0. The third-order valence-electron chi connectivity index (χ3n) is 4.64. The van der Waals surface area contributed by atoms with Gasteiger partial charge in [0, 0.05) is 5.56 Å². The third-order valence-corrected chi connectivity index (χ3v) is 4.64. The number of rotatable bonds is 10. The van der Waals surface area contributed by atoms with Gasteiger partial charge in [-0.1, -0.05) is 18.2 Å². The molecule has 0 radical (unpaired) electrons. The number of nitrogens with zero attached hydrogens (tertiary/aromatic N) is 1. The van der Waals surface area contributed by atoms with E-state index in [-0.39, 0.29) is 12.3 Å². The number of methoxy groups -OCH3 is 1. The molecule has 2 amide bonds. The first kappa shape index (κ1) is 25.0. The van der Waals surface area contributed by atoms with Crippen LogP contribution in [0.4, 0.5) is 0 Å². The van der Waals surface area contributed by atoms with Gasteiger partial charge in [0.15, 0.2) is 11.5 Å². The second-order valence-electron chi connectivity index (χ2n) is 7.10. The van der Waals surface area contributed by atoms with Gasteiger partial charge in [0.1, 0.15) is 5.75 Å². The molecular formula is C26H25N3O6. The lowest BCUT2D eigenvalue weighted by Gasteiger charge is -2.10. The number of carbonyl (C=O) groups excluding carboxylic acids is 3. The molecule has 0 heterocycles. The Morgan fingerprint density at radius 2 is 1.66 bits per heavy atom. The van der Waals surface area contributed by atoms with Crippen molar-refractivity contribution in [1.29, 1.82) is 0 Å². The maximum absolute atomic E-state index is 12.3. The Kier molecular flexibility index (Phi) is 8.95. The lowest BCUT2D eigenvalue weighted by atomic mass is 10.2. The molecule has 0 aliphatic rings. The number of hydrogen-bond donors (Lipinski definition) is 2. The highest BCUT2D eigenvalue weighted by molar-refractivity contribution is 5.96. The van der Waals surface area contributed by atoms with Crippen LogP contribution in [0.25, 0.3) is 0 Å². The van der Waals surface area contributed by atoms with Gasteiger partial charge in [0.25, 0.3) is 11.8 Å². The van der Waals surface area contributed by atoms with E-state index in [2.05, 4.69) is 15.8 Å². The molecule has 3 aromatic carbocycles. The molecule has 0 saturated carbocycles. The van der Waals surface area contributed by atoms with Crippen molar-refractivity contribution in [3.63, 3.8) is 0 Å². The molecular weight excluding hydrogens is 450 g/mol. The quantitative estimate of drug-likeness (QED) is 0.201. The Bertz CT molecular complexity index is 1190. The summed E-state index contributed by atoms with van der Waals surface area (Å²) >= 11 is 0. The second-order valence-corrected chi connectivity index (χ2v) is 7.10. The average molecular weight is 476 g/mol. The van der Waals surface area contributed by atoms with E-state index in [0.717, 1.165) is 0 Å². The second kappa shape index (κ2) is 12.5. The predicted molar refractivity (Wildman–Crippen MR) is 130 cm³/mol. The molecule has 0 fully saturated rings. The van der Waals surface area contributed by atoms with Crippen LogP contribution in [0, 0.1) is 0 Å². The summed E-state index contributed by atoms with van der Waals surface area (Å²) in [6.07, 6.45) is 1.40. The number of esters is 1. The summed E-state index contributed by atoms with van der Waals surface area (Å²) in [5.74, 6) is -0.162. The number of amides is 2. The molecule has 35 heavy (non-hydrogen) atoms. The lowest BCUT2D eigenvalue weighted by Crippen LogP contribution is -2.34. The van der Waals surface area contributed by atoms with E-state index in [4.69, 9.17) is 14.2 Å². The van der Waals surface area contributed by atoms with Crippen molar-refractivity contribution in [2.75, 3.05) is 20.3 Å². The predicted octanol–water partition coefficient (Wildman–Crippen LogP) is 3.19. The maximum atomic E-state index is 12.3. The average Bonchev–Trinajstić information content (AvgIpc) is 2.89. The van der Waals surface area contributed by atoms with Crippen LogP contribution in [0.1, 0.15) is 33.2 Å². The highest BCUT2D eigenvalue weighted by Crippen LogP contribution is 2.28. The molecule has 0 saturated heterocycles. The van der Waals surface area contributed by atoms with Crippen LogP contribution in [0.2, 0.25) is 0 Å². The Balaban J connectivity index is 1.50. The first-order valence-corrected chi connectivity index (χ1v) is 10.8. The first-order valence-electron chi connectivity index (χ1n) is 10.8. The minimum absolute atomic E-state index is 0.249. The lowest BCUT2D eigenvalue weighted by molar-refractivity contribution is -0.120. The van der Waals surface area contributed by atoms with Crippen molar-refractivity contribution in [2.45, 2.75) is 6.92 Å². The molecule has 0 aliphatic heterocycles. The van der Waals surface area contributed by atoms with Crippen LogP contribution in [0.15, 0.2) is 77.9 Å². The molecule has 0 aliphatic carbocycles. The summed E-state index contributed by atoms with van der Waals surface area (Å²) in [6, 6.07) is 20.0. The first-order chi connectivity index (χ1) is 17.0. The molecule has 2 N–H and O–H groups in total. The van der Waals surface area contributed by atoms with Gasteiger partial charge in [-0.3, -0.25) is 9.59 Å².